The lowest BCUT2D eigenvalue weighted by molar-refractivity contribution is -0.172. The van der Waals surface area contributed by atoms with Crippen molar-refractivity contribution in [2.75, 3.05) is 13.6 Å². The molecule has 53 heavy (non-hydrogen) atoms. The van der Waals surface area contributed by atoms with Gasteiger partial charge >= 0.3 is 17.9 Å². The van der Waals surface area contributed by atoms with Crippen LogP contribution in [0.1, 0.15) is 80.8 Å². The largest absolute Gasteiger partial charge is 0.481 e. The molecule has 0 spiro atoms. The Morgan fingerprint density at radius 2 is 1.83 bits per heavy atom. The second-order valence-corrected chi connectivity index (χ2v) is 14.5. The number of amides is 2. The number of aromatic nitrogens is 5. The molecule has 1 aliphatic carbocycles. The summed E-state index contributed by atoms with van der Waals surface area (Å²) in [4.78, 5) is 93.5. The predicted molar refractivity (Wildman–Crippen MR) is 182 cm³/mol. The van der Waals surface area contributed by atoms with Crippen molar-refractivity contribution in [3.05, 3.63) is 66.8 Å². The van der Waals surface area contributed by atoms with Gasteiger partial charge in [0.2, 0.25) is 17.6 Å². The molecule has 2 aliphatic rings. The van der Waals surface area contributed by atoms with Gasteiger partial charge in [0.25, 0.3) is 17.4 Å². The highest BCUT2D eigenvalue weighted by molar-refractivity contribution is 7.13. The molecule has 4 aromatic rings. The zero-order valence-electron chi connectivity index (χ0n) is 28.2. The second-order valence-electron chi connectivity index (χ2n) is 12.9. The SMILES string of the molecule is Cc1nnc([C@H]2CC[C@H](NC(=O)c3nc(=O)c4cc(Cl)ccc4n3OC(=O)CC(O)(CC(=O)O)C(=O)O)[C@@H](NC(=O)c3nc4c(s3)CN(C)CC4)C2)o1. The molecule has 6 rings (SSSR count). The fourth-order valence-electron chi connectivity index (χ4n) is 6.33. The third-order valence-corrected chi connectivity index (χ3v) is 10.3. The summed E-state index contributed by atoms with van der Waals surface area (Å²) in [7, 11) is 1.98. The summed E-state index contributed by atoms with van der Waals surface area (Å²) in [5.74, 6) is -6.97. The van der Waals surface area contributed by atoms with E-state index in [1.807, 2.05) is 7.05 Å². The molecule has 5 N–H and O–H groups in total. The Labute approximate surface area is 307 Å². The Bertz CT molecular complexity index is 2190. The van der Waals surface area contributed by atoms with Crippen LogP contribution in [0.2, 0.25) is 5.02 Å². The van der Waals surface area contributed by atoms with Gasteiger partial charge in [-0.3, -0.25) is 19.2 Å². The van der Waals surface area contributed by atoms with E-state index >= 15 is 0 Å². The van der Waals surface area contributed by atoms with Crippen molar-refractivity contribution in [1.82, 2.24) is 40.4 Å². The van der Waals surface area contributed by atoms with Gasteiger partial charge in [0.15, 0.2) is 10.6 Å². The Morgan fingerprint density at radius 3 is 2.53 bits per heavy atom. The van der Waals surface area contributed by atoms with Gasteiger partial charge in [-0.15, -0.1) is 26.3 Å². The van der Waals surface area contributed by atoms with Crippen molar-refractivity contribution in [2.24, 2.45) is 0 Å². The lowest BCUT2D eigenvalue weighted by Gasteiger charge is -2.35. The van der Waals surface area contributed by atoms with Gasteiger partial charge in [-0.1, -0.05) is 11.6 Å². The van der Waals surface area contributed by atoms with E-state index in [0.29, 0.717) is 35.9 Å². The zero-order chi connectivity index (χ0) is 38.2. The van der Waals surface area contributed by atoms with E-state index < -0.39 is 71.6 Å². The first-order valence-corrected chi connectivity index (χ1v) is 17.5. The molecular weight excluding hydrogens is 740 g/mol. The van der Waals surface area contributed by atoms with Crippen LogP contribution in [0.4, 0.5) is 0 Å². The van der Waals surface area contributed by atoms with E-state index in [-0.39, 0.29) is 39.7 Å². The summed E-state index contributed by atoms with van der Waals surface area (Å²) in [6.07, 6.45) is -1.02. The quantitative estimate of drug-likeness (QED) is 0.140. The number of aliphatic carboxylic acids is 2. The van der Waals surface area contributed by atoms with Gasteiger partial charge in [0, 0.05) is 48.3 Å². The molecule has 0 bridgehead atoms. The van der Waals surface area contributed by atoms with E-state index in [9.17, 15) is 39.0 Å². The van der Waals surface area contributed by atoms with Crippen LogP contribution in [0.5, 0.6) is 0 Å². The number of aliphatic hydroxyl groups is 1. The van der Waals surface area contributed by atoms with E-state index in [1.165, 1.54) is 29.5 Å². The number of hydrogen-bond acceptors (Lipinski definition) is 15. The molecule has 21 heteroatoms. The molecule has 19 nitrogen and oxygen atoms in total. The van der Waals surface area contributed by atoms with Crippen molar-refractivity contribution in [1.29, 1.82) is 0 Å². The third kappa shape index (κ3) is 8.19. The highest BCUT2D eigenvalue weighted by Crippen LogP contribution is 2.33. The number of carbonyl (C=O) groups is 5. The van der Waals surface area contributed by atoms with Crippen LogP contribution in [-0.4, -0.2) is 106 Å². The minimum absolute atomic E-state index is 0.105. The van der Waals surface area contributed by atoms with Crippen LogP contribution in [0.15, 0.2) is 27.4 Å². The molecule has 0 saturated heterocycles. The number of carboxylic acid groups (broad SMARTS) is 2. The smallest absolute Gasteiger partial charge is 0.336 e. The molecule has 3 aromatic heterocycles. The number of carbonyl (C=O) groups excluding carboxylic acids is 3. The first-order chi connectivity index (χ1) is 25.1. The van der Waals surface area contributed by atoms with E-state index in [4.69, 9.17) is 26.0 Å². The maximum atomic E-state index is 14.0. The topological polar surface area (TPSA) is 269 Å². The first kappa shape index (κ1) is 37.4. The Hall–Kier alpha value is -5.31. The molecule has 1 unspecified atom stereocenters. The number of halogens is 1. The average molecular weight is 773 g/mol. The Morgan fingerprint density at radius 1 is 1.08 bits per heavy atom. The standard InChI is InChI=1S/C32H33ClN8O11S/c1-14-38-39-29(51-14)15-3-5-18(20(9-15)35-28(47)30-36-19-7-8-40(2)13-22(19)53-30)34-27(46)25-37-26(45)17-10-16(33)4-6-21(17)41(25)52-24(44)12-32(50,31(48)49)11-23(42)43/h4,6,10,15,18,20,50H,3,5,7-9,11-13H2,1-2H3,(H,34,46)(H,35,47)(H,42,43)(H,48,49)/t15-,18-,20-,32?/m0/s1. The van der Waals surface area contributed by atoms with Crippen molar-refractivity contribution in [3.8, 4) is 0 Å². The number of nitrogens with zero attached hydrogens (tertiary/aromatic N) is 6. The van der Waals surface area contributed by atoms with Crippen molar-refractivity contribution in [2.45, 2.75) is 75.6 Å². The summed E-state index contributed by atoms with van der Waals surface area (Å²) in [5.41, 5.74) is -3.31. The zero-order valence-corrected chi connectivity index (χ0v) is 29.8. The number of benzene rings is 1. The van der Waals surface area contributed by atoms with Crippen LogP contribution in [0, 0.1) is 6.92 Å². The number of thiazole rings is 1. The minimum atomic E-state index is -3.06. The first-order valence-electron chi connectivity index (χ1n) is 16.3. The molecule has 1 aliphatic heterocycles. The number of fused-ring (bicyclic) bond motifs is 2. The number of hydrogen-bond donors (Lipinski definition) is 5. The van der Waals surface area contributed by atoms with Crippen LogP contribution in [0.25, 0.3) is 10.9 Å². The molecule has 280 valence electrons. The number of carboxylic acids is 2. The van der Waals surface area contributed by atoms with Crippen LogP contribution < -0.4 is 21.0 Å². The molecule has 1 fully saturated rings. The van der Waals surface area contributed by atoms with Gasteiger partial charge < -0.3 is 40.1 Å². The number of rotatable bonds is 11. The van der Waals surface area contributed by atoms with E-state index in [0.717, 1.165) is 17.1 Å². The maximum Gasteiger partial charge on any atom is 0.336 e. The highest BCUT2D eigenvalue weighted by atomic mass is 35.5. The lowest BCUT2D eigenvalue weighted by Crippen LogP contribution is -2.55. The maximum absolute atomic E-state index is 14.0. The Kier molecular flexibility index (Phi) is 10.6. The number of aryl methyl sites for hydroxylation is 1. The summed E-state index contributed by atoms with van der Waals surface area (Å²) in [6.45, 7) is 3.11. The second kappa shape index (κ2) is 15.0. The van der Waals surface area contributed by atoms with E-state index in [2.05, 4.69) is 35.7 Å². The van der Waals surface area contributed by atoms with Crippen LogP contribution in [-0.2, 0) is 27.3 Å². The third-order valence-electron chi connectivity index (χ3n) is 8.97. The lowest BCUT2D eigenvalue weighted by atomic mass is 9.82. The molecular formula is C32H33ClN8O11S. The fourth-order valence-corrected chi connectivity index (χ4v) is 7.60. The molecule has 0 radical (unpaired) electrons. The minimum Gasteiger partial charge on any atom is -0.481 e. The fraction of sp³-hybridized carbons (Fsp3) is 0.438. The van der Waals surface area contributed by atoms with Crippen LogP contribution >= 0.6 is 22.9 Å². The normalized spacial score (nSPS) is 19.9. The van der Waals surface area contributed by atoms with Crippen molar-refractivity contribution >= 4 is 63.6 Å². The number of nitrogens with one attached hydrogen (secondary N) is 2. The van der Waals surface area contributed by atoms with Gasteiger partial charge in [-0.25, -0.2) is 14.6 Å². The Balaban J connectivity index is 1.30. The van der Waals surface area contributed by atoms with Crippen LogP contribution in [0.3, 0.4) is 0 Å². The highest BCUT2D eigenvalue weighted by Gasteiger charge is 2.42. The molecule has 1 saturated carbocycles. The average Bonchev–Trinajstić information content (AvgIpc) is 3.72. The van der Waals surface area contributed by atoms with Gasteiger partial charge in [-0.2, -0.15) is 4.98 Å². The summed E-state index contributed by atoms with van der Waals surface area (Å²) in [6, 6.07) is 2.27. The monoisotopic (exact) mass is 772 g/mol. The summed E-state index contributed by atoms with van der Waals surface area (Å²) in [5, 5.41) is 43.0. The van der Waals surface area contributed by atoms with Gasteiger partial charge in [0.05, 0.1) is 35.5 Å². The van der Waals surface area contributed by atoms with Crippen molar-refractivity contribution in [3.63, 3.8) is 0 Å². The molecule has 2 amide bonds. The molecule has 4 atom stereocenters. The summed E-state index contributed by atoms with van der Waals surface area (Å²) >= 11 is 7.36. The summed E-state index contributed by atoms with van der Waals surface area (Å²) < 4.78 is 6.24. The predicted octanol–water partition coefficient (Wildman–Crippen LogP) is 0.686. The van der Waals surface area contributed by atoms with Crippen molar-refractivity contribution < 1.29 is 48.5 Å². The molecule has 4 heterocycles. The molecule has 1 aromatic carbocycles. The van der Waals surface area contributed by atoms with Gasteiger partial charge in [-0.05, 0) is 44.5 Å². The number of likely N-dealkylation sites (N-methyl/N-ethyl adjacent to an activating group) is 1. The van der Waals surface area contributed by atoms with Gasteiger partial charge in [0.1, 0.15) is 0 Å². The van der Waals surface area contributed by atoms with E-state index in [1.54, 1.807) is 6.92 Å².